The van der Waals surface area contributed by atoms with E-state index in [9.17, 15) is 14.4 Å². The number of hydrogen-bond donors (Lipinski definition) is 2. The van der Waals surface area contributed by atoms with Crippen molar-refractivity contribution in [1.29, 1.82) is 0 Å². The quantitative estimate of drug-likeness (QED) is 0.439. The number of amides is 3. The summed E-state index contributed by atoms with van der Waals surface area (Å²) in [6.45, 7) is 1.64. The molecule has 0 aromatic heterocycles. The SMILES string of the molecule is Cc1cccc(CN2C(=O)N/C(=C/c3cc(Br)c(OCC(=O)O)c(Br)c3)C2=O)c1. The van der Waals surface area contributed by atoms with Crippen molar-refractivity contribution in [2.24, 2.45) is 0 Å². The second-order valence-corrected chi connectivity index (χ2v) is 8.07. The average Bonchev–Trinajstić information content (AvgIpc) is 2.88. The minimum atomic E-state index is -1.09. The Morgan fingerprint density at radius 1 is 1.21 bits per heavy atom. The van der Waals surface area contributed by atoms with Crippen LogP contribution in [0.3, 0.4) is 0 Å². The number of carbonyl (C=O) groups excluding carboxylic acids is 2. The van der Waals surface area contributed by atoms with Gasteiger partial charge >= 0.3 is 12.0 Å². The van der Waals surface area contributed by atoms with Gasteiger partial charge in [-0.25, -0.2) is 9.59 Å². The number of urea groups is 1. The lowest BCUT2D eigenvalue weighted by Crippen LogP contribution is -2.30. The molecule has 3 rings (SSSR count). The van der Waals surface area contributed by atoms with E-state index in [-0.39, 0.29) is 12.2 Å². The number of halogens is 2. The van der Waals surface area contributed by atoms with Crippen LogP contribution in [0.4, 0.5) is 4.79 Å². The van der Waals surface area contributed by atoms with Crippen molar-refractivity contribution in [1.82, 2.24) is 10.2 Å². The number of nitrogens with one attached hydrogen (secondary N) is 1. The molecule has 0 bridgehead atoms. The maximum Gasteiger partial charge on any atom is 0.341 e. The Morgan fingerprint density at radius 2 is 1.90 bits per heavy atom. The molecule has 2 aromatic carbocycles. The largest absolute Gasteiger partial charge is 0.480 e. The summed E-state index contributed by atoms with van der Waals surface area (Å²) in [5.74, 6) is -1.18. The van der Waals surface area contributed by atoms with Gasteiger partial charge in [0.2, 0.25) is 0 Å². The zero-order chi connectivity index (χ0) is 21.1. The van der Waals surface area contributed by atoms with Gasteiger partial charge in [-0.2, -0.15) is 0 Å². The third-order valence-corrected chi connectivity index (χ3v) is 5.24. The summed E-state index contributed by atoms with van der Waals surface area (Å²) in [5.41, 5.74) is 2.68. The number of hydrogen-bond acceptors (Lipinski definition) is 4. The Labute approximate surface area is 183 Å². The molecule has 150 valence electrons. The Bertz CT molecular complexity index is 1010. The molecule has 3 amide bonds. The van der Waals surface area contributed by atoms with E-state index in [4.69, 9.17) is 9.84 Å². The van der Waals surface area contributed by atoms with E-state index in [1.165, 1.54) is 0 Å². The van der Waals surface area contributed by atoms with Crippen molar-refractivity contribution in [2.45, 2.75) is 13.5 Å². The number of rotatable bonds is 6. The summed E-state index contributed by atoms with van der Waals surface area (Å²) in [6.07, 6.45) is 1.55. The monoisotopic (exact) mass is 522 g/mol. The molecule has 2 N–H and O–H groups in total. The summed E-state index contributed by atoms with van der Waals surface area (Å²) in [4.78, 5) is 36.8. The van der Waals surface area contributed by atoms with Gasteiger partial charge in [0.1, 0.15) is 11.4 Å². The van der Waals surface area contributed by atoms with Crippen LogP contribution < -0.4 is 10.1 Å². The molecule has 1 saturated heterocycles. The predicted molar refractivity (Wildman–Crippen MR) is 113 cm³/mol. The van der Waals surface area contributed by atoms with Crippen LogP contribution in [0, 0.1) is 6.92 Å². The highest BCUT2D eigenvalue weighted by Gasteiger charge is 2.33. The summed E-state index contributed by atoms with van der Waals surface area (Å²) < 4.78 is 6.24. The van der Waals surface area contributed by atoms with Crippen molar-refractivity contribution in [3.05, 3.63) is 67.7 Å². The number of imide groups is 1. The lowest BCUT2D eigenvalue weighted by molar-refractivity contribution is -0.139. The van der Waals surface area contributed by atoms with E-state index in [0.29, 0.717) is 20.3 Å². The lowest BCUT2D eigenvalue weighted by atomic mass is 10.1. The molecular formula is C20H16Br2N2O5. The fourth-order valence-corrected chi connectivity index (χ4v) is 4.26. The third-order valence-electron chi connectivity index (χ3n) is 4.06. The van der Waals surface area contributed by atoms with Crippen LogP contribution in [0.5, 0.6) is 5.75 Å². The first-order chi connectivity index (χ1) is 13.7. The van der Waals surface area contributed by atoms with Gasteiger partial charge in [-0.15, -0.1) is 0 Å². The second kappa shape index (κ2) is 8.79. The zero-order valence-corrected chi connectivity index (χ0v) is 18.4. The van der Waals surface area contributed by atoms with Gasteiger partial charge in [0, 0.05) is 0 Å². The molecule has 0 unspecified atom stereocenters. The molecular weight excluding hydrogens is 508 g/mol. The molecule has 1 aliphatic heterocycles. The summed E-state index contributed by atoms with van der Waals surface area (Å²) >= 11 is 6.65. The molecule has 1 fully saturated rings. The molecule has 0 saturated carbocycles. The van der Waals surface area contributed by atoms with Crippen molar-refractivity contribution in [3.8, 4) is 5.75 Å². The predicted octanol–water partition coefficient (Wildman–Crippen LogP) is 4.08. The molecule has 7 nitrogen and oxygen atoms in total. The lowest BCUT2D eigenvalue weighted by Gasteiger charge is -2.12. The van der Waals surface area contributed by atoms with Gasteiger partial charge in [-0.1, -0.05) is 29.8 Å². The van der Waals surface area contributed by atoms with Crippen molar-refractivity contribution < 1.29 is 24.2 Å². The van der Waals surface area contributed by atoms with Crippen LogP contribution in [0.15, 0.2) is 51.0 Å². The fourth-order valence-electron chi connectivity index (χ4n) is 2.81. The minimum absolute atomic E-state index is 0.153. The van der Waals surface area contributed by atoms with Gasteiger partial charge in [-0.3, -0.25) is 9.69 Å². The number of carboxylic acids is 1. The summed E-state index contributed by atoms with van der Waals surface area (Å²) in [6, 6.07) is 10.5. The number of ether oxygens (including phenoxy) is 1. The highest BCUT2D eigenvalue weighted by Crippen LogP contribution is 2.35. The van der Waals surface area contributed by atoms with Crippen molar-refractivity contribution >= 4 is 55.8 Å². The van der Waals surface area contributed by atoms with Gasteiger partial charge in [0.15, 0.2) is 6.61 Å². The van der Waals surface area contributed by atoms with E-state index in [1.54, 1.807) is 18.2 Å². The first kappa shape index (κ1) is 21.1. The van der Waals surface area contributed by atoms with E-state index >= 15 is 0 Å². The molecule has 0 radical (unpaired) electrons. The maximum absolute atomic E-state index is 12.7. The van der Waals surface area contributed by atoms with E-state index < -0.39 is 24.5 Å². The standard InChI is InChI=1S/C20H16Br2N2O5/c1-11-3-2-4-12(5-11)9-24-19(27)16(23-20(24)28)8-13-6-14(21)18(15(22)7-13)29-10-17(25)26/h2-8H,9-10H2,1H3,(H,23,28)(H,25,26)/b16-8+. The minimum Gasteiger partial charge on any atom is -0.480 e. The number of nitrogens with zero attached hydrogens (tertiary/aromatic N) is 1. The number of aliphatic carboxylic acids is 1. The summed E-state index contributed by atoms with van der Waals surface area (Å²) in [5, 5.41) is 11.3. The second-order valence-electron chi connectivity index (χ2n) is 6.36. The first-order valence-electron chi connectivity index (χ1n) is 8.48. The van der Waals surface area contributed by atoms with Crippen LogP contribution >= 0.6 is 31.9 Å². The van der Waals surface area contributed by atoms with Gasteiger partial charge in [0.25, 0.3) is 5.91 Å². The third kappa shape index (κ3) is 5.04. The molecule has 0 aliphatic carbocycles. The molecule has 2 aromatic rings. The van der Waals surface area contributed by atoms with Crippen LogP contribution in [0.2, 0.25) is 0 Å². The van der Waals surface area contributed by atoms with Crippen LogP contribution in [-0.2, 0) is 16.1 Å². The number of carbonyl (C=O) groups is 3. The normalized spacial score (nSPS) is 15.0. The van der Waals surface area contributed by atoms with Crippen molar-refractivity contribution in [3.63, 3.8) is 0 Å². The van der Waals surface area contributed by atoms with Crippen LogP contribution in [0.1, 0.15) is 16.7 Å². The average molecular weight is 524 g/mol. The van der Waals surface area contributed by atoms with E-state index in [1.807, 2.05) is 31.2 Å². The van der Waals surface area contributed by atoms with Crippen molar-refractivity contribution in [2.75, 3.05) is 6.61 Å². The topological polar surface area (TPSA) is 95.9 Å². The highest BCUT2D eigenvalue weighted by molar-refractivity contribution is 9.11. The molecule has 0 spiro atoms. The number of benzene rings is 2. The molecule has 9 heteroatoms. The Kier molecular flexibility index (Phi) is 6.39. The highest BCUT2D eigenvalue weighted by atomic mass is 79.9. The molecule has 29 heavy (non-hydrogen) atoms. The van der Waals surface area contributed by atoms with E-state index in [2.05, 4.69) is 37.2 Å². The van der Waals surface area contributed by atoms with Crippen LogP contribution in [0.25, 0.3) is 6.08 Å². The smallest absolute Gasteiger partial charge is 0.341 e. The number of aryl methyl sites for hydroxylation is 1. The Hall–Kier alpha value is -2.65. The fraction of sp³-hybridized carbons (Fsp3) is 0.150. The molecule has 0 atom stereocenters. The Morgan fingerprint density at radius 3 is 2.52 bits per heavy atom. The first-order valence-corrected chi connectivity index (χ1v) is 10.1. The van der Waals surface area contributed by atoms with Crippen LogP contribution in [-0.4, -0.2) is 34.5 Å². The van der Waals surface area contributed by atoms with Gasteiger partial charge in [-0.05, 0) is 68.1 Å². The zero-order valence-electron chi connectivity index (χ0n) is 15.2. The molecule has 1 aliphatic rings. The summed E-state index contributed by atoms with van der Waals surface area (Å²) in [7, 11) is 0. The maximum atomic E-state index is 12.7. The number of carboxylic acid groups (broad SMARTS) is 1. The van der Waals surface area contributed by atoms with Gasteiger partial charge < -0.3 is 15.2 Å². The Balaban J connectivity index is 1.81. The van der Waals surface area contributed by atoms with Gasteiger partial charge in [0.05, 0.1) is 15.5 Å². The molecule has 1 heterocycles. The van der Waals surface area contributed by atoms with E-state index in [0.717, 1.165) is 16.0 Å².